The average Bonchev–Trinajstić information content (AvgIpc) is 3.33. The van der Waals surface area contributed by atoms with Crippen molar-refractivity contribution in [1.29, 1.82) is 0 Å². The highest BCUT2D eigenvalue weighted by Crippen LogP contribution is 2.35. The van der Waals surface area contributed by atoms with Gasteiger partial charge in [-0.2, -0.15) is 0 Å². The van der Waals surface area contributed by atoms with Crippen LogP contribution in [0.1, 0.15) is 24.0 Å². The molecule has 33 heavy (non-hydrogen) atoms. The van der Waals surface area contributed by atoms with Crippen LogP contribution in [0.2, 0.25) is 0 Å². The number of imide groups is 2. The van der Waals surface area contributed by atoms with E-state index in [9.17, 15) is 18.8 Å². The number of halogens is 1. The highest BCUT2D eigenvalue weighted by Gasteiger charge is 2.38. The molecule has 0 saturated carbocycles. The van der Waals surface area contributed by atoms with Gasteiger partial charge in [0.2, 0.25) is 0 Å². The second-order valence-electron chi connectivity index (χ2n) is 7.85. The fourth-order valence-corrected chi connectivity index (χ4v) is 4.04. The van der Waals surface area contributed by atoms with Crippen molar-refractivity contribution in [2.75, 3.05) is 37.1 Å². The van der Waals surface area contributed by atoms with E-state index in [1.165, 1.54) is 38.5 Å². The van der Waals surface area contributed by atoms with E-state index in [4.69, 9.17) is 9.47 Å². The lowest BCUT2D eigenvalue weighted by molar-refractivity contribution is -0.122. The predicted molar refractivity (Wildman–Crippen MR) is 121 cm³/mol. The van der Waals surface area contributed by atoms with E-state index in [-0.39, 0.29) is 17.0 Å². The zero-order valence-corrected chi connectivity index (χ0v) is 18.6. The molecule has 172 valence electrons. The quantitative estimate of drug-likeness (QED) is 0.551. The van der Waals surface area contributed by atoms with Gasteiger partial charge in [0.05, 0.1) is 25.6 Å². The minimum atomic E-state index is -0.905. The molecule has 0 atom stereocenters. The van der Waals surface area contributed by atoms with E-state index in [0.29, 0.717) is 22.6 Å². The monoisotopic (exact) mass is 453 g/mol. The van der Waals surface area contributed by atoms with E-state index >= 15 is 0 Å². The number of rotatable bonds is 5. The minimum absolute atomic E-state index is 0.145. The van der Waals surface area contributed by atoms with Crippen LogP contribution in [-0.4, -0.2) is 45.2 Å². The third-order valence-corrected chi connectivity index (χ3v) is 5.81. The van der Waals surface area contributed by atoms with Gasteiger partial charge in [0.1, 0.15) is 22.9 Å². The summed E-state index contributed by atoms with van der Waals surface area (Å²) in [6, 6.07) is 6.69. The SMILES string of the molecule is COc1ccc(N2C(=O)NC(=O)/C(=C\c3cc(F)c(N4CCCC4)cc3C)C2=O)c(OC)c1. The van der Waals surface area contributed by atoms with Gasteiger partial charge in [-0.05, 0) is 61.2 Å². The summed E-state index contributed by atoms with van der Waals surface area (Å²) in [5.41, 5.74) is 1.45. The first-order chi connectivity index (χ1) is 15.8. The molecular formula is C24H24FN3O5. The Morgan fingerprint density at radius 3 is 2.39 bits per heavy atom. The second-order valence-corrected chi connectivity index (χ2v) is 7.85. The van der Waals surface area contributed by atoms with Gasteiger partial charge in [-0.15, -0.1) is 0 Å². The largest absolute Gasteiger partial charge is 0.497 e. The number of benzene rings is 2. The van der Waals surface area contributed by atoms with Crippen molar-refractivity contribution in [3.63, 3.8) is 0 Å². The molecule has 8 nitrogen and oxygen atoms in total. The summed E-state index contributed by atoms with van der Waals surface area (Å²) in [6.45, 7) is 3.36. The molecule has 2 aromatic carbocycles. The van der Waals surface area contributed by atoms with Gasteiger partial charge in [-0.25, -0.2) is 14.1 Å². The fraction of sp³-hybridized carbons (Fsp3) is 0.292. The van der Waals surface area contributed by atoms with Crippen LogP contribution in [0.4, 0.5) is 20.6 Å². The van der Waals surface area contributed by atoms with Crippen LogP contribution in [0.25, 0.3) is 6.08 Å². The summed E-state index contributed by atoms with van der Waals surface area (Å²) in [5.74, 6) is -1.43. The molecule has 2 fully saturated rings. The molecule has 2 aliphatic rings. The van der Waals surface area contributed by atoms with Crippen molar-refractivity contribution in [2.45, 2.75) is 19.8 Å². The predicted octanol–water partition coefficient (Wildman–Crippen LogP) is 3.42. The van der Waals surface area contributed by atoms with Crippen LogP contribution in [0.15, 0.2) is 35.9 Å². The van der Waals surface area contributed by atoms with E-state index in [2.05, 4.69) is 5.32 Å². The number of urea groups is 1. The topological polar surface area (TPSA) is 88.2 Å². The number of carbonyl (C=O) groups excluding carboxylic acids is 3. The van der Waals surface area contributed by atoms with Crippen molar-refractivity contribution < 1.29 is 28.2 Å². The molecule has 0 radical (unpaired) electrons. The average molecular weight is 453 g/mol. The van der Waals surface area contributed by atoms with Gasteiger partial charge in [0.25, 0.3) is 11.8 Å². The Morgan fingerprint density at radius 1 is 1.00 bits per heavy atom. The van der Waals surface area contributed by atoms with Crippen LogP contribution >= 0.6 is 0 Å². The van der Waals surface area contributed by atoms with Crippen LogP contribution in [0, 0.1) is 12.7 Å². The molecule has 2 saturated heterocycles. The molecule has 0 unspecified atom stereocenters. The summed E-state index contributed by atoms with van der Waals surface area (Å²) in [5, 5.41) is 2.17. The minimum Gasteiger partial charge on any atom is -0.497 e. The number of aryl methyl sites for hydroxylation is 1. The third kappa shape index (κ3) is 4.13. The Morgan fingerprint density at radius 2 is 1.73 bits per heavy atom. The number of methoxy groups -OCH3 is 2. The molecular weight excluding hydrogens is 429 g/mol. The summed E-state index contributed by atoms with van der Waals surface area (Å²) >= 11 is 0. The van der Waals surface area contributed by atoms with Gasteiger partial charge in [0.15, 0.2) is 0 Å². The molecule has 2 aromatic rings. The fourth-order valence-electron chi connectivity index (χ4n) is 4.04. The molecule has 9 heteroatoms. The van der Waals surface area contributed by atoms with E-state index < -0.39 is 23.7 Å². The Labute approximate surface area is 190 Å². The lowest BCUT2D eigenvalue weighted by atomic mass is 10.0. The Bertz CT molecular complexity index is 1170. The molecule has 2 aliphatic heterocycles. The molecule has 0 spiro atoms. The third-order valence-electron chi connectivity index (χ3n) is 5.81. The smallest absolute Gasteiger partial charge is 0.336 e. The second kappa shape index (κ2) is 8.93. The van der Waals surface area contributed by atoms with E-state index in [0.717, 1.165) is 30.8 Å². The first kappa shape index (κ1) is 22.3. The van der Waals surface area contributed by atoms with Crippen molar-refractivity contribution in [2.24, 2.45) is 0 Å². The van der Waals surface area contributed by atoms with Crippen molar-refractivity contribution >= 4 is 35.3 Å². The van der Waals surface area contributed by atoms with Crippen LogP contribution in [0.5, 0.6) is 11.5 Å². The van der Waals surface area contributed by atoms with Gasteiger partial charge >= 0.3 is 6.03 Å². The lowest BCUT2D eigenvalue weighted by Crippen LogP contribution is -2.54. The summed E-state index contributed by atoms with van der Waals surface area (Å²) in [6.07, 6.45) is 3.33. The Hall–Kier alpha value is -3.88. The number of nitrogens with one attached hydrogen (secondary N) is 1. The van der Waals surface area contributed by atoms with E-state index in [1.54, 1.807) is 19.1 Å². The molecule has 1 N–H and O–H groups in total. The van der Waals surface area contributed by atoms with Crippen molar-refractivity contribution in [3.8, 4) is 11.5 Å². The molecule has 0 bridgehead atoms. The van der Waals surface area contributed by atoms with Gasteiger partial charge < -0.3 is 14.4 Å². The first-order valence-electron chi connectivity index (χ1n) is 10.5. The first-order valence-corrected chi connectivity index (χ1v) is 10.5. The van der Waals surface area contributed by atoms with Crippen molar-refractivity contribution in [3.05, 3.63) is 52.8 Å². The maximum absolute atomic E-state index is 14.9. The normalized spacial score (nSPS) is 17.6. The molecule has 4 rings (SSSR count). The number of amides is 4. The number of nitrogens with zero attached hydrogens (tertiary/aromatic N) is 2. The molecule has 4 amide bonds. The molecule has 0 aliphatic carbocycles. The highest BCUT2D eigenvalue weighted by atomic mass is 19.1. The van der Waals surface area contributed by atoms with Gasteiger partial charge in [0, 0.05) is 19.2 Å². The standard InChI is InChI=1S/C24H24FN3O5/c1-14-10-20(27-8-4-5-9-27)18(25)12-15(14)11-17-22(29)26-24(31)28(23(17)30)19-7-6-16(32-2)13-21(19)33-3/h6-7,10-13H,4-5,8-9H2,1-3H3,(H,26,29,31)/b17-11+. The van der Waals surface area contributed by atoms with Crippen LogP contribution < -0.4 is 24.6 Å². The Balaban J connectivity index is 1.73. The highest BCUT2D eigenvalue weighted by molar-refractivity contribution is 6.39. The molecule has 2 heterocycles. The maximum Gasteiger partial charge on any atom is 0.336 e. The lowest BCUT2D eigenvalue weighted by Gasteiger charge is -2.27. The number of ether oxygens (including phenoxy) is 2. The molecule has 0 aromatic heterocycles. The summed E-state index contributed by atoms with van der Waals surface area (Å²) in [7, 11) is 2.86. The maximum atomic E-state index is 14.9. The zero-order chi connectivity index (χ0) is 23.7. The number of barbiturate groups is 1. The van der Waals surface area contributed by atoms with Gasteiger partial charge in [-0.1, -0.05) is 0 Å². The summed E-state index contributed by atoms with van der Waals surface area (Å²) < 4.78 is 25.3. The van der Waals surface area contributed by atoms with Crippen molar-refractivity contribution in [1.82, 2.24) is 5.32 Å². The Kier molecular flexibility index (Phi) is 6.04. The van der Waals surface area contributed by atoms with Crippen LogP contribution in [-0.2, 0) is 9.59 Å². The number of carbonyl (C=O) groups is 3. The number of hydrogen-bond acceptors (Lipinski definition) is 6. The summed E-state index contributed by atoms with van der Waals surface area (Å²) in [4.78, 5) is 41.1. The van der Waals surface area contributed by atoms with E-state index in [1.807, 2.05) is 4.90 Å². The number of anilines is 2. The number of hydrogen-bond donors (Lipinski definition) is 1. The van der Waals surface area contributed by atoms with Gasteiger partial charge in [-0.3, -0.25) is 14.9 Å². The zero-order valence-electron chi connectivity index (χ0n) is 18.6. The van der Waals surface area contributed by atoms with Crippen LogP contribution in [0.3, 0.4) is 0 Å².